The molecule has 1 rings (SSSR count). The number of nitrogens with one attached hydrogen (secondary N) is 2. The lowest BCUT2D eigenvalue weighted by molar-refractivity contribution is -0.119. The second-order valence-electron chi connectivity index (χ2n) is 3.71. The molecule has 0 bridgehead atoms. The summed E-state index contributed by atoms with van der Waals surface area (Å²) in [5.41, 5.74) is 3.10. The highest BCUT2D eigenvalue weighted by atomic mass is 35.5. The maximum Gasteiger partial charge on any atom is 0.227 e. The van der Waals surface area contributed by atoms with Crippen molar-refractivity contribution in [3.05, 3.63) is 29.3 Å². The molecule has 1 aromatic rings. The van der Waals surface area contributed by atoms with Gasteiger partial charge in [0, 0.05) is 18.0 Å². The van der Waals surface area contributed by atoms with Crippen LogP contribution in [0.15, 0.2) is 18.2 Å². The van der Waals surface area contributed by atoms with E-state index in [0.29, 0.717) is 5.11 Å². The molecule has 5 heteroatoms. The standard InChI is InChI=1S/C12H15ClN2OS/c1-8-4-3-5-9(2)11(8)15-12(17)14-10(16)6-7-13/h3-5H,6-7H2,1-2H3,(H2,14,15,16,17). The highest BCUT2D eigenvalue weighted by Crippen LogP contribution is 2.19. The Bertz CT molecular complexity index is 414. The molecule has 0 aliphatic heterocycles. The molecular formula is C12H15ClN2OS. The number of alkyl halides is 1. The van der Waals surface area contributed by atoms with Crippen molar-refractivity contribution >= 4 is 40.5 Å². The van der Waals surface area contributed by atoms with Gasteiger partial charge in [0.05, 0.1) is 0 Å². The van der Waals surface area contributed by atoms with Crippen molar-refractivity contribution < 1.29 is 4.79 Å². The zero-order valence-corrected chi connectivity index (χ0v) is 11.4. The van der Waals surface area contributed by atoms with Crippen molar-refractivity contribution in [2.75, 3.05) is 11.2 Å². The number of rotatable bonds is 3. The predicted octanol–water partition coefficient (Wildman–Crippen LogP) is 2.75. The summed E-state index contributed by atoms with van der Waals surface area (Å²) in [4.78, 5) is 11.3. The molecule has 3 nitrogen and oxygen atoms in total. The lowest BCUT2D eigenvalue weighted by atomic mass is 10.1. The average molecular weight is 271 g/mol. The molecule has 0 saturated carbocycles. The third-order valence-electron chi connectivity index (χ3n) is 2.29. The van der Waals surface area contributed by atoms with Gasteiger partial charge in [-0.2, -0.15) is 0 Å². The van der Waals surface area contributed by atoms with Gasteiger partial charge in [-0.15, -0.1) is 11.6 Å². The summed E-state index contributed by atoms with van der Waals surface area (Å²) in [5.74, 6) is 0.112. The van der Waals surface area contributed by atoms with Crippen LogP contribution in [0, 0.1) is 13.8 Å². The third kappa shape index (κ3) is 4.32. The molecule has 17 heavy (non-hydrogen) atoms. The van der Waals surface area contributed by atoms with Crippen molar-refractivity contribution in [2.45, 2.75) is 20.3 Å². The fourth-order valence-corrected chi connectivity index (χ4v) is 1.82. The number of anilines is 1. The van der Waals surface area contributed by atoms with Crippen LogP contribution in [0.25, 0.3) is 0 Å². The van der Waals surface area contributed by atoms with Crippen LogP contribution in [0.2, 0.25) is 0 Å². The van der Waals surface area contributed by atoms with Gasteiger partial charge >= 0.3 is 0 Å². The number of thiocarbonyl (C=S) groups is 1. The third-order valence-corrected chi connectivity index (χ3v) is 2.69. The zero-order valence-electron chi connectivity index (χ0n) is 9.84. The van der Waals surface area contributed by atoms with Crippen LogP contribution in [0.4, 0.5) is 5.69 Å². The van der Waals surface area contributed by atoms with Gasteiger partial charge in [0.15, 0.2) is 5.11 Å². The Morgan fingerprint density at radius 3 is 2.47 bits per heavy atom. The van der Waals surface area contributed by atoms with E-state index in [1.54, 1.807) is 0 Å². The molecule has 0 aliphatic rings. The highest BCUT2D eigenvalue weighted by molar-refractivity contribution is 7.80. The number of para-hydroxylation sites is 1. The predicted molar refractivity (Wildman–Crippen MR) is 75.6 cm³/mol. The Morgan fingerprint density at radius 1 is 1.35 bits per heavy atom. The zero-order chi connectivity index (χ0) is 12.8. The van der Waals surface area contributed by atoms with E-state index in [-0.39, 0.29) is 18.2 Å². The Labute approximate surface area is 112 Å². The Kier molecular flexibility index (Phi) is 5.38. The molecule has 0 saturated heterocycles. The minimum absolute atomic E-state index is 0.177. The fraction of sp³-hybridized carbons (Fsp3) is 0.333. The van der Waals surface area contributed by atoms with E-state index in [0.717, 1.165) is 16.8 Å². The number of hydrogen-bond acceptors (Lipinski definition) is 2. The number of carbonyl (C=O) groups excluding carboxylic acids is 1. The summed E-state index contributed by atoms with van der Waals surface area (Å²) in [6.07, 6.45) is 0.260. The first-order valence-electron chi connectivity index (χ1n) is 5.27. The smallest absolute Gasteiger partial charge is 0.227 e. The maximum atomic E-state index is 11.3. The molecule has 0 heterocycles. The molecule has 0 atom stereocenters. The van der Waals surface area contributed by atoms with Gasteiger partial charge in [-0.3, -0.25) is 4.79 Å². The van der Waals surface area contributed by atoms with Gasteiger partial charge in [-0.05, 0) is 37.2 Å². The van der Waals surface area contributed by atoms with Crippen LogP contribution >= 0.6 is 23.8 Å². The van der Waals surface area contributed by atoms with E-state index in [2.05, 4.69) is 10.6 Å². The molecule has 1 aromatic carbocycles. The summed E-state index contributed by atoms with van der Waals surface area (Å²) in [6.45, 7) is 3.97. The molecule has 0 aliphatic carbocycles. The minimum Gasteiger partial charge on any atom is -0.332 e. The van der Waals surface area contributed by atoms with Crippen molar-refractivity contribution in [2.24, 2.45) is 0 Å². The molecule has 2 N–H and O–H groups in total. The first kappa shape index (κ1) is 13.9. The summed E-state index contributed by atoms with van der Waals surface area (Å²) in [6, 6.07) is 5.95. The van der Waals surface area contributed by atoms with E-state index in [4.69, 9.17) is 23.8 Å². The van der Waals surface area contributed by atoms with Crippen LogP contribution in [-0.4, -0.2) is 16.9 Å². The van der Waals surface area contributed by atoms with E-state index in [1.807, 2.05) is 32.0 Å². The number of benzene rings is 1. The normalized spacial score (nSPS) is 9.82. The Balaban J connectivity index is 2.65. The molecule has 0 unspecified atom stereocenters. The van der Waals surface area contributed by atoms with Crippen molar-refractivity contribution in [1.29, 1.82) is 0 Å². The Hall–Kier alpha value is -1.13. The van der Waals surface area contributed by atoms with Crippen molar-refractivity contribution in [3.63, 3.8) is 0 Å². The summed E-state index contributed by atoms with van der Waals surface area (Å²) in [5, 5.41) is 5.91. The number of halogens is 1. The van der Waals surface area contributed by atoms with E-state index < -0.39 is 0 Å². The SMILES string of the molecule is Cc1cccc(C)c1NC(=S)NC(=O)CCCl. The lowest BCUT2D eigenvalue weighted by Gasteiger charge is -2.13. The quantitative estimate of drug-likeness (QED) is 0.656. The van der Waals surface area contributed by atoms with Crippen molar-refractivity contribution in [1.82, 2.24) is 5.32 Å². The molecule has 0 fully saturated rings. The topological polar surface area (TPSA) is 41.1 Å². The maximum absolute atomic E-state index is 11.3. The van der Waals surface area contributed by atoms with Crippen LogP contribution in [0.3, 0.4) is 0 Å². The lowest BCUT2D eigenvalue weighted by Crippen LogP contribution is -2.34. The number of hydrogen-bond donors (Lipinski definition) is 2. The summed E-state index contributed by atoms with van der Waals surface area (Å²) < 4.78 is 0. The minimum atomic E-state index is -0.177. The van der Waals surface area contributed by atoms with Gasteiger partial charge < -0.3 is 10.6 Å². The van der Waals surface area contributed by atoms with Crippen LogP contribution in [0.1, 0.15) is 17.5 Å². The van der Waals surface area contributed by atoms with Crippen LogP contribution < -0.4 is 10.6 Å². The average Bonchev–Trinajstić information content (AvgIpc) is 2.24. The largest absolute Gasteiger partial charge is 0.332 e. The van der Waals surface area contributed by atoms with E-state index >= 15 is 0 Å². The van der Waals surface area contributed by atoms with E-state index in [1.165, 1.54) is 0 Å². The van der Waals surface area contributed by atoms with Crippen LogP contribution in [-0.2, 0) is 4.79 Å². The molecular weight excluding hydrogens is 256 g/mol. The molecule has 0 radical (unpaired) electrons. The van der Waals surface area contributed by atoms with Gasteiger partial charge in [0.25, 0.3) is 0 Å². The van der Waals surface area contributed by atoms with Crippen molar-refractivity contribution in [3.8, 4) is 0 Å². The van der Waals surface area contributed by atoms with Gasteiger partial charge in [0.1, 0.15) is 0 Å². The highest BCUT2D eigenvalue weighted by Gasteiger charge is 2.07. The Morgan fingerprint density at radius 2 is 1.94 bits per heavy atom. The molecule has 0 spiro atoms. The van der Waals surface area contributed by atoms with E-state index in [9.17, 15) is 4.79 Å². The summed E-state index contributed by atoms with van der Waals surface area (Å²) >= 11 is 10.5. The number of amides is 1. The monoisotopic (exact) mass is 270 g/mol. The molecule has 1 amide bonds. The molecule has 0 aromatic heterocycles. The first-order valence-corrected chi connectivity index (χ1v) is 6.22. The first-order chi connectivity index (χ1) is 8.04. The second kappa shape index (κ2) is 6.57. The van der Waals surface area contributed by atoms with Gasteiger partial charge in [-0.25, -0.2) is 0 Å². The van der Waals surface area contributed by atoms with Crippen LogP contribution in [0.5, 0.6) is 0 Å². The number of aryl methyl sites for hydroxylation is 2. The number of carbonyl (C=O) groups is 1. The summed E-state index contributed by atoms with van der Waals surface area (Å²) in [7, 11) is 0. The second-order valence-corrected chi connectivity index (χ2v) is 4.49. The van der Waals surface area contributed by atoms with Gasteiger partial charge in [-0.1, -0.05) is 18.2 Å². The fourth-order valence-electron chi connectivity index (χ4n) is 1.43. The van der Waals surface area contributed by atoms with Gasteiger partial charge in [0.2, 0.25) is 5.91 Å². The molecule has 92 valence electrons.